The molecule has 3 N–H and O–H groups in total. The van der Waals surface area contributed by atoms with E-state index in [2.05, 4.69) is 35.1 Å². The molecule has 2 heterocycles. The first kappa shape index (κ1) is 16.9. The largest absolute Gasteiger partial charge is 0.395 e. The molecule has 2 unspecified atom stereocenters. The zero-order chi connectivity index (χ0) is 15.2. The molecule has 2 rings (SSSR count). The van der Waals surface area contributed by atoms with Gasteiger partial charge in [0.25, 0.3) is 0 Å². The number of aliphatic hydroxyl groups is 1. The maximum absolute atomic E-state index is 9.12. The number of thiophene rings is 1. The molecule has 1 saturated heterocycles. The van der Waals surface area contributed by atoms with Gasteiger partial charge in [-0.1, -0.05) is 6.92 Å². The molecule has 1 aliphatic rings. The van der Waals surface area contributed by atoms with E-state index < -0.39 is 0 Å². The van der Waals surface area contributed by atoms with Gasteiger partial charge in [0.15, 0.2) is 0 Å². The van der Waals surface area contributed by atoms with Crippen LogP contribution in [0.5, 0.6) is 0 Å². The van der Waals surface area contributed by atoms with Gasteiger partial charge in [-0.3, -0.25) is 9.80 Å². The first-order valence-corrected chi connectivity index (χ1v) is 8.92. The second-order valence-corrected chi connectivity index (χ2v) is 6.89. The average molecular weight is 311 g/mol. The van der Waals surface area contributed by atoms with Crippen LogP contribution >= 0.6 is 11.3 Å². The lowest BCUT2D eigenvalue weighted by Crippen LogP contribution is -2.42. The Kier molecular flexibility index (Phi) is 6.64. The van der Waals surface area contributed by atoms with E-state index in [4.69, 9.17) is 10.8 Å². The summed E-state index contributed by atoms with van der Waals surface area (Å²) in [6.45, 7) is 9.64. The molecule has 0 aromatic carbocycles. The van der Waals surface area contributed by atoms with Crippen LogP contribution in [0.2, 0.25) is 0 Å². The van der Waals surface area contributed by atoms with E-state index in [1.54, 1.807) is 0 Å². The van der Waals surface area contributed by atoms with Crippen molar-refractivity contribution in [3.63, 3.8) is 0 Å². The Morgan fingerprint density at radius 3 is 2.76 bits per heavy atom. The van der Waals surface area contributed by atoms with Crippen molar-refractivity contribution in [2.24, 2.45) is 5.73 Å². The molecule has 4 nitrogen and oxygen atoms in total. The van der Waals surface area contributed by atoms with Crippen molar-refractivity contribution >= 4 is 11.3 Å². The third-order valence-electron chi connectivity index (χ3n) is 4.48. The molecule has 1 aliphatic heterocycles. The third kappa shape index (κ3) is 4.27. The average Bonchev–Trinajstić information content (AvgIpc) is 2.76. The van der Waals surface area contributed by atoms with E-state index in [0.29, 0.717) is 6.04 Å². The fourth-order valence-corrected chi connectivity index (χ4v) is 4.31. The van der Waals surface area contributed by atoms with E-state index in [9.17, 15) is 0 Å². The highest BCUT2D eigenvalue weighted by Crippen LogP contribution is 2.32. The van der Waals surface area contributed by atoms with Crippen molar-refractivity contribution in [3.8, 4) is 0 Å². The van der Waals surface area contributed by atoms with Crippen molar-refractivity contribution in [3.05, 3.63) is 21.9 Å². The van der Waals surface area contributed by atoms with Gasteiger partial charge in [-0.15, -0.1) is 11.3 Å². The van der Waals surface area contributed by atoms with Crippen LogP contribution in [0, 0.1) is 6.92 Å². The smallest absolute Gasteiger partial charge is 0.0596 e. The summed E-state index contributed by atoms with van der Waals surface area (Å²) in [5.74, 6) is 0. The number of β-amino-alcohol motifs (C(OH)–C–C–N with tert-alkyl or cyclic N) is 1. The van der Waals surface area contributed by atoms with E-state index in [1.165, 1.54) is 10.4 Å². The minimum absolute atomic E-state index is 0.187. The highest BCUT2D eigenvalue weighted by atomic mass is 32.1. The van der Waals surface area contributed by atoms with Crippen LogP contribution in [0.3, 0.4) is 0 Å². The molecule has 5 heteroatoms. The van der Waals surface area contributed by atoms with Gasteiger partial charge in [0.1, 0.15) is 0 Å². The highest BCUT2D eigenvalue weighted by molar-refractivity contribution is 7.10. The maximum Gasteiger partial charge on any atom is 0.0596 e. The number of hydrogen-bond acceptors (Lipinski definition) is 5. The van der Waals surface area contributed by atoms with Crippen LogP contribution in [0.4, 0.5) is 0 Å². The van der Waals surface area contributed by atoms with Gasteiger partial charge in [0, 0.05) is 37.1 Å². The SMILES string of the molecule is CCC(N)C(c1sccc1C)N1CCCN(CCO)CC1. The molecule has 0 amide bonds. The van der Waals surface area contributed by atoms with E-state index in [0.717, 1.165) is 45.6 Å². The Balaban J connectivity index is 2.12. The normalized spacial score (nSPS) is 21.1. The molecule has 0 bridgehead atoms. The van der Waals surface area contributed by atoms with E-state index in [-0.39, 0.29) is 12.6 Å². The number of hydrogen-bond donors (Lipinski definition) is 2. The lowest BCUT2D eigenvalue weighted by Gasteiger charge is -2.34. The summed E-state index contributed by atoms with van der Waals surface area (Å²) in [6.07, 6.45) is 2.15. The maximum atomic E-state index is 9.12. The zero-order valence-electron chi connectivity index (χ0n) is 13.3. The Labute approximate surface area is 132 Å². The molecule has 120 valence electrons. The Morgan fingerprint density at radius 2 is 2.14 bits per heavy atom. The summed E-state index contributed by atoms with van der Waals surface area (Å²) < 4.78 is 0. The summed E-state index contributed by atoms with van der Waals surface area (Å²) in [6, 6.07) is 2.72. The fraction of sp³-hybridized carbons (Fsp3) is 0.750. The van der Waals surface area contributed by atoms with Crippen molar-refractivity contribution in [1.82, 2.24) is 9.80 Å². The first-order chi connectivity index (χ1) is 10.2. The van der Waals surface area contributed by atoms with Gasteiger partial charge in [-0.2, -0.15) is 0 Å². The molecule has 0 spiro atoms. The van der Waals surface area contributed by atoms with Crippen LogP contribution in [-0.4, -0.2) is 60.3 Å². The summed E-state index contributed by atoms with van der Waals surface area (Å²) in [7, 11) is 0. The molecular formula is C16H29N3OS. The number of nitrogens with two attached hydrogens (primary N) is 1. The predicted molar refractivity (Wildman–Crippen MR) is 89.8 cm³/mol. The Morgan fingerprint density at radius 1 is 1.33 bits per heavy atom. The molecular weight excluding hydrogens is 282 g/mol. The Bertz CT molecular complexity index is 423. The second-order valence-electron chi connectivity index (χ2n) is 5.94. The standard InChI is InChI=1S/C16H29N3OS/c1-3-14(17)15(16-13(2)5-12-21-16)19-7-4-6-18(8-9-19)10-11-20/h5,12,14-15,20H,3-4,6-11,17H2,1-2H3. The minimum Gasteiger partial charge on any atom is -0.395 e. The van der Waals surface area contributed by atoms with Crippen molar-refractivity contribution in [2.75, 3.05) is 39.3 Å². The molecule has 1 aromatic heterocycles. The topological polar surface area (TPSA) is 52.7 Å². The molecule has 2 atom stereocenters. The summed E-state index contributed by atoms with van der Waals surface area (Å²) in [5, 5.41) is 11.3. The number of nitrogens with zero attached hydrogens (tertiary/aromatic N) is 2. The van der Waals surface area contributed by atoms with Crippen LogP contribution in [-0.2, 0) is 0 Å². The summed E-state index contributed by atoms with van der Waals surface area (Å²) in [5.41, 5.74) is 7.83. The zero-order valence-corrected chi connectivity index (χ0v) is 14.1. The van der Waals surface area contributed by atoms with Gasteiger partial charge in [-0.05, 0) is 43.3 Å². The lowest BCUT2D eigenvalue weighted by molar-refractivity contribution is 0.165. The number of aryl methyl sites for hydroxylation is 1. The highest BCUT2D eigenvalue weighted by Gasteiger charge is 2.29. The van der Waals surface area contributed by atoms with Gasteiger partial charge < -0.3 is 10.8 Å². The number of aliphatic hydroxyl groups excluding tert-OH is 1. The second kappa shape index (κ2) is 8.25. The predicted octanol–water partition coefficient (Wildman–Crippen LogP) is 1.83. The van der Waals surface area contributed by atoms with Gasteiger partial charge >= 0.3 is 0 Å². The number of rotatable bonds is 6. The van der Waals surface area contributed by atoms with Crippen LogP contribution in [0.25, 0.3) is 0 Å². The van der Waals surface area contributed by atoms with Crippen molar-refractivity contribution in [2.45, 2.75) is 38.8 Å². The molecule has 1 fully saturated rings. The summed E-state index contributed by atoms with van der Waals surface area (Å²) in [4.78, 5) is 6.35. The Hall–Kier alpha value is -0.460. The van der Waals surface area contributed by atoms with E-state index in [1.807, 2.05) is 11.3 Å². The lowest BCUT2D eigenvalue weighted by atomic mass is 10.0. The van der Waals surface area contributed by atoms with Crippen molar-refractivity contribution in [1.29, 1.82) is 0 Å². The molecule has 0 radical (unpaired) electrons. The van der Waals surface area contributed by atoms with Crippen molar-refractivity contribution < 1.29 is 5.11 Å². The molecule has 0 saturated carbocycles. The minimum atomic E-state index is 0.187. The van der Waals surface area contributed by atoms with Gasteiger partial charge in [0.2, 0.25) is 0 Å². The first-order valence-electron chi connectivity index (χ1n) is 8.04. The van der Waals surface area contributed by atoms with Crippen LogP contribution in [0.15, 0.2) is 11.4 Å². The van der Waals surface area contributed by atoms with E-state index >= 15 is 0 Å². The quantitative estimate of drug-likeness (QED) is 0.842. The molecule has 1 aromatic rings. The van der Waals surface area contributed by atoms with Crippen LogP contribution in [0.1, 0.15) is 36.2 Å². The fourth-order valence-electron chi connectivity index (χ4n) is 3.18. The molecule has 0 aliphatic carbocycles. The molecule has 21 heavy (non-hydrogen) atoms. The van der Waals surface area contributed by atoms with Crippen LogP contribution < -0.4 is 5.73 Å². The summed E-state index contributed by atoms with van der Waals surface area (Å²) >= 11 is 1.84. The monoisotopic (exact) mass is 311 g/mol. The van der Waals surface area contributed by atoms with Gasteiger partial charge in [0.05, 0.1) is 12.6 Å². The van der Waals surface area contributed by atoms with Gasteiger partial charge in [-0.25, -0.2) is 0 Å². The third-order valence-corrected chi connectivity index (χ3v) is 5.57.